The van der Waals surface area contributed by atoms with Crippen molar-refractivity contribution in [1.82, 2.24) is 0 Å². The van der Waals surface area contributed by atoms with Gasteiger partial charge in [0.2, 0.25) is 0 Å². The topological polar surface area (TPSA) is 80.9 Å². The summed E-state index contributed by atoms with van der Waals surface area (Å²) in [5.74, 6) is 0. The Morgan fingerprint density at radius 1 is 0.875 bits per heavy atom. The normalized spacial score (nSPS) is 7.50. The van der Waals surface area contributed by atoms with E-state index in [1.165, 1.54) is 0 Å². The van der Waals surface area contributed by atoms with Crippen molar-refractivity contribution >= 4 is 50.4 Å². The zero-order valence-electron chi connectivity index (χ0n) is 3.57. The van der Waals surface area contributed by atoms with Crippen molar-refractivity contribution < 1.29 is 68.5 Å². The van der Waals surface area contributed by atoms with Crippen LogP contribution in [-0.2, 0) is 18.1 Å². The quantitative estimate of drug-likeness (QED) is 0.261. The monoisotopic (exact) mass is 491 g/mol. The van der Waals surface area contributed by atoms with Gasteiger partial charge in [0.15, 0.2) is 0 Å². The first-order chi connectivity index (χ1) is 2.00. The minimum atomic E-state index is -5.00. The second-order valence-corrected chi connectivity index (χ2v) is 2.47. The molecule has 0 unspecified atom stereocenters. The SMILES string of the molecule is [La].[MgH2].[OH][Ti]([OH])([OH])[OH].[PbH2]. The van der Waals surface area contributed by atoms with Crippen molar-refractivity contribution in [3.63, 3.8) is 0 Å². The molecule has 0 aliphatic carbocycles. The first-order valence-corrected chi connectivity index (χ1v) is 3.69. The summed E-state index contributed by atoms with van der Waals surface area (Å²) in [6.45, 7) is 0. The Hall–Kier alpha value is 3.44. The van der Waals surface area contributed by atoms with Crippen LogP contribution < -0.4 is 0 Å². The maximum absolute atomic E-state index is 7.38. The van der Waals surface area contributed by atoms with Gasteiger partial charge >= 0.3 is 83.2 Å². The van der Waals surface area contributed by atoms with E-state index in [4.69, 9.17) is 14.8 Å². The van der Waals surface area contributed by atoms with Gasteiger partial charge in [0, 0.05) is 35.6 Å². The molecule has 4 nitrogen and oxygen atoms in total. The van der Waals surface area contributed by atoms with Gasteiger partial charge in [-0.2, -0.15) is 0 Å². The zero-order valence-corrected chi connectivity index (χ0v) is 14.3. The van der Waals surface area contributed by atoms with Gasteiger partial charge in [-0.1, -0.05) is 0 Å². The molecule has 0 aliphatic heterocycles. The predicted molar refractivity (Wildman–Crippen MR) is 26.0 cm³/mol. The van der Waals surface area contributed by atoms with Crippen LogP contribution in [0.15, 0.2) is 0 Å². The molecule has 0 atom stereocenters. The Morgan fingerprint density at radius 3 is 0.875 bits per heavy atom. The zero-order chi connectivity index (χ0) is 4.50. The standard InChI is InChI=1S/La.Mg.4H2O.Pb.Ti.4H/h;;4*1H2;;;;;;/q;;;;;;;+4;;;;/p-4. The average Bonchev–Trinajstić information content (AvgIpc) is 0.722. The summed E-state index contributed by atoms with van der Waals surface area (Å²) in [6.07, 6.45) is 0. The summed E-state index contributed by atoms with van der Waals surface area (Å²) in [5.41, 5.74) is 0. The van der Waals surface area contributed by atoms with Gasteiger partial charge in [0.1, 0.15) is 0 Å². The molecule has 0 rings (SSSR count). The molecule has 0 saturated carbocycles. The Labute approximate surface area is 116 Å². The maximum atomic E-state index is 7.38. The van der Waals surface area contributed by atoms with Crippen LogP contribution in [0.4, 0.5) is 0 Å². The van der Waals surface area contributed by atoms with E-state index in [9.17, 15) is 0 Å². The Balaban J connectivity index is -0.0000000267. The fourth-order valence-electron chi connectivity index (χ4n) is 0. The van der Waals surface area contributed by atoms with Gasteiger partial charge in [0.05, 0.1) is 0 Å². The van der Waals surface area contributed by atoms with E-state index in [0.29, 0.717) is 0 Å². The van der Waals surface area contributed by atoms with Crippen LogP contribution in [0.25, 0.3) is 0 Å². The van der Waals surface area contributed by atoms with Crippen molar-refractivity contribution in [2.45, 2.75) is 0 Å². The first-order valence-electron chi connectivity index (χ1n) is 0.894. The summed E-state index contributed by atoms with van der Waals surface area (Å²) in [7, 11) is 0. The number of hydrogen-bond acceptors (Lipinski definition) is 4. The molecular weight excluding hydrogens is 482 g/mol. The van der Waals surface area contributed by atoms with Gasteiger partial charge < -0.3 is 0 Å². The summed E-state index contributed by atoms with van der Waals surface area (Å²) < 4.78 is 29.5. The molecule has 0 spiro atoms. The third kappa shape index (κ3) is 56.9. The predicted octanol–water partition coefficient (Wildman–Crippen LogP) is -4.06. The number of rotatable bonds is 0. The summed E-state index contributed by atoms with van der Waals surface area (Å²) in [4.78, 5) is 0. The summed E-state index contributed by atoms with van der Waals surface area (Å²) in [5, 5.41) is 0. The average molecular weight is 490 g/mol. The van der Waals surface area contributed by atoms with Crippen LogP contribution in [0.5, 0.6) is 0 Å². The second-order valence-electron chi connectivity index (χ2n) is 0.600. The minimum absolute atomic E-state index is 0. The molecule has 0 heterocycles. The Bertz CT molecular complexity index is 31.5. The van der Waals surface area contributed by atoms with Crippen molar-refractivity contribution in [2.75, 3.05) is 0 Å². The molecule has 45 valence electrons. The third-order valence-corrected chi connectivity index (χ3v) is 0. The number of hydrogen-bond donors (Lipinski definition) is 4. The summed E-state index contributed by atoms with van der Waals surface area (Å²) >= 11 is -5.00. The van der Waals surface area contributed by atoms with Crippen molar-refractivity contribution in [1.29, 1.82) is 0 Å². The van der Waals surface area contributed by atoms with Gasteiger partial charge in [-0.25, -0.2) is 0 Å². The summed E-state index contributed by atoms with van der Waals surface area (Å²) in [6, 6.07) is 0. The van der Waals surface area contributed by atoms with Crippen LogP contribution in [0, 0.1) is 35.6 Å². The van der Waals surface area contributed by atoms with Crippen LogP contribution in [0.2, 0.25) is 0 Å². The first kappa shape index (κ1) is 22.5. The van der Waals surface area contributed by atoms with E-state index < -0.39 is 18.1 Å². The molecule has 0 aliphatic rings. The molecular formula is H8LaMgO4PbTi. The van der Waals surface area contributed by atoms with Gasteiger partial charge in [0.25, 0.3) is 0 Å². The van der Waals surface area contributed by atoms with E-state index >= 15 is 0 Å². The fourth-order valence-corrected chi connectivity index (χ4v) is 0. The second kappa shape index (κ2) is 10.4. The fraction of sp³-hybridized carbons (Fsp3) is 0. The van der Waals surface area contributed by atoms with E-state index in [1.807, 2.05) is 0 Å². The van der Waals surface area contributed by atoms with Crippen LogP contribution >= 0.6 is 0 Å². The van der Waals surface area contributed by atoms with Gasteiger partial charge in [-0.05, 0) is 0 Å². The van der Waals surface area contributed by atoms with E-state index in [-0.39, 0.29) is 86.0 Å². The molecule has 0 amide bonds. The van der Waals surface area contributed by atoms with Gasteiger partial charge in [-0.15, -0.1) is 0 Å². The van der Waals surface area contributed by atoms with Gasteiger partial charge in [-0.3, -0.25) is 0 Å². The van der Waals surface area contributed by atoms with Crippen molar-refractivity contribution in [3.05, 3.63) is 0 Å². The van der Waals surface area contributed by atoms with E-state index in [1.54, 1.807) is 0 Å². The molecule has 0 aromatic carbocycles. The molecule has 3 radical (unpaired) electrons. The van der Waals surface area contributed by atoms with Crippen LogP contribution in [0.3, 0.4) is 0 Å². The molecule has 0 saturated heterocycles. The third-order valence-electron chi connectivity index (χ3n) is 0. The molecule has 8 heavy (non-hydrogen) atoms. The van der Waals surface area contributed by atoms with Crippen LogP contribution in [0.1, 0.15) is 0 Å². The molecule has 0 aromatic heterocycles. The Kier molecular flexibility index (Phi) is 29.4. The van der Waals surface area contributed by atoms with Crippen molar-refractivity contribution in [2.24, 2.45) is 0 Å². The van der Waals surface area contributed by atoms with Crippen LogP contribution in [-0.4, -0.2) is 65.1 Å². The molecule has 8 heteroatoms. The molecule has 4 N–H and O–H groups in total. The molecule has 0 aromatic rings. The Morgan fingerprint density at radius 2 is 0.875 bits per heavy atom. The van der Waals surface area contributed by atoms with E-state index in [2.05, 4.69) is 0 Å². The molecule has 0 fully saturated rings. The van der Waals surface area contributed by atoms with E-state index in [0.717, 1.165) is 0 Å². The molecule has 0 bridgehead atoms. The van der Waals surface area contributed by atoms with Crippen molar-refractivity contribution in [3.8, 4) is 0 Å².